The number of nitrogens with one attached hydrogen (secondary N) is 2. The Hall–Kier alpha value is -3.42. The van der Waals surface area contributed by atoms with Crippen LogP contribution < -0.4 is 10.6 Å². The topological polar surface area (TPSA) is 102 Å². The lowest BCUT2D eigenvalue weighted by atomic mass is 10.0. The second-order valence-electron chi connectivity index (χ2n) is 5.67. The molecule has 3 aromatic rings. The van der Waals surface area contributed by atoms with E-state index in [9.17, 15) is 9.59 Å². The molecular weight excluding hydrogens is 322 g/mol. The number of amides is 2. The Morgan fingerprint density at radius 3 is 2.88 bits per heavy atom. The fourth-order valence-corrected chi connectivity index (χ4v) is 2.80. The molecule has 0 fully saturated rings. The van der Waals surface area contributed by atoms with E-state index in [-0.39, 0.29) is 29.9 Å². The minimum atomic E-state index is -0.467. The molecule has 0 spiro atoms. The average Bonchev–Trinajstić information content (AvgIpc) is 3.30. The first-order chi connectivity index (χ1) is 12.2. The highest BCUT2D eigenvalue weighted by Crippen LogP contribution is 2.21. The Balaban J connectivity index is 1.53. The van der Waals surface area contributed by atoms with Crippen molar-refractivity contribution in [3.63, 3.8) is 0 Å². The highest BCUT2D eigenvalue weighted by atomic mass is 16.3. The second-order valence-corrected chi connectivity index (χ2v) is 5.67. The minimum Gasteiger partial charge on any atom is -0.467 e. The fourth-order valence-electron chi connectivity index (χ4n) is 2.80. The molecule has 126 valence electrons. The summed E-state index contributed by atoms with van der Waals surface area (Å²) in [5, 5.41) is 13.4. The SMILES string of the molecule is O=C(NCc1ccco1)c1nnn2c1C(=O)NC(c1ccccc1)C2. The molecule has 4 rings (SSSR count). The van der Waals surface area contributed by atoms with Crippen molar-refractivity contribution in [2.24, 2.45) is 0 Å². The number of nitrogens with zero attached hydrogens (tertiary/aromatic N) is 3. The van der Waals surface area contributed by atoms with Crippen LogP contribution in [0.2, 0.25) is 0 Å². The molecule has 25 heavy (non-hydrogen) atoms. The van der Waals surface area contributed by atoms with Crippen molar-refractivity contribution >= 4 is 11.8 Å². The van der Waals surface area contributed by atoms with Crippen LogP contribution in [0.3, 0.4) is 0 Å². The lowest BCUT2D eigenvalue weighted by molar-refractivity contribution is 0.0875. The van der Waals surface area contributed by atoms with Crippen molar-refractivity contribution < 1.29 is 14.0 Å². The van der Waals surface area contributed by atoms with Gasteiger partial charge in [-0.05, 0) is 17.7 Å². The van der Waals surface area contributed by atoms with Crippen LogP contribution in [0, 0.1) is 0 Å². The molecule has 0 saturated carbocycles. The van der Waals surface area contributed by atoms with E-state index in [1.807, 2.05) is 30.3 Å². The lowest BCUT2D eigenvalue weighted by Gasteiger charge is -2.24. The van der Waals surface area contributed by atoms with Gasteiger partial charge in [0.1, 0.15) is 5.76 Å². The number of fused-ring (bicyclic) bond motifs is 1. The number of rotatable bonds is 4. The molecule has 1 aliphatic rings. The van der Waals surface area contributed by atoms with Crippen molar-refractivity contribution in [3.8, 4) is 0 Å². The van der Waals surface area contributed by atoms with Gasteiger partial charge in [-0.2, -0.15) is 0 Å². The van der Waals surface area contributed by atoms with Crippen LogP contribution >= 0.6 is 0 Å². The predicted molar refractivity (Wildman–Crippen MR) is 86.5 cm³/mol. The second kappa shape index (κ2) is 6.23. The summed E-state index contributed by atoms with van der Waals surface area (Å²) in [4.78, 5) is 24.8. The van der Waals surface area contributed by atoms with Gasteiger partial charge in [0.2, 0.25) is 0 Å². The molecule has 0 radical (unpaired) electrons. The normalized spacial score (nSPS) is 16.2. The Labute approximate surface area is 142 Å². The van der Waals surface area contributed by atoms with E-state index in [0.717, 1.165) is 5.56 Å². The van der Waals surface area contributed by atoms with Gasteiger partial charge in [0, 0.05) is 0 Å². The molecule has 1 aromatic carbocycles. The quantitative estimate of drug-likeness (QED) is 0.747. The molecular formula is C17H15N5O3. The predicted octanol–water partition coefficient (Wildman–Crippen LogP) is 1.29. The summed E-state index contributed by atoms with van der Waals surface area (Å²) in [6.45, 7) is 0.635. The van der Waals surface area contributed by atoms with E-state index in [1.165, 1.54) is 10.9 Å². The summed E-state index contributed by atoms with van der Waals surface area (Å²) in [5.41, 5.74) is 1.15. The van der Waals surface area contributed by atoms with Crippen molar-refractivity contribution in [3.05, 3.63) is 71.4 Å². The highest BCUT2D eigenvalue weighted by molar-refractivity contribution is 6.05. The van der Waals surface area contributed by atoms with E-state index in [2.05, 4.69) is 20.9 Å². The molecule has 8 nitrogen and oxygen atoms in total. The molecule has 1 aliphatic heterocycles. The number of hydrogen-bond acceptors (Lipinski definition) is 5. The molecule has 0 aliphatic carbocycles. The molecule has 0 bridgehead atoms. The third-order valence-electron chi connectivity index (χ3n) is 4.03. The molecule has 3 heterocycles. The smallest absolute Gasteiger partial charge is 0.274 e. The number of benzene rings is 1. The summed E-state index contributed by atoms with van der Waals surface area (Å²) < 4.78 is 6.63. The molecule has 2 amide bonds. The zero-order valence-electron chi connectivity index (χ0n) is 13.2. The number of hydrogen-bond donors (Lipinski definition) is 2. The number of carbonyl (C=O) groups excluding carboxylic acids is 2. The standard InChI is InChI=1S/C17H15N5O3/c23-16(18-9-12-7-4-8-25-12)14-15-17(24)19-13(10-22(15)21-20-14)11-5-2-1-3-6-11/h1-8,13H,9-10H2,(H,18,23)(H,19,24). The van der Waals surface area contributed by atoms with Gasteiger partial charge in [-0.1, -0.05) is 35.5 Å². The lowest BCUT2D eigenvalue weighted by Crippen LogP contribution is -2.40. The molecule has 2 aromatic heterocycles. The van der Waals surface area contributed by atoms with Crippen molar-refractivity contribution in [2.45, 2.75) is 19.1 Å². The summed E-state index contributed by atoms with van der Waals surface area (Å²) >= 11 is 0. The van der Waals surface area contributed by atoms with E-state index in [0.29, 0.717) is 12.3 Å². The Kier molecular flexibility index (Phi) is 3.77. The molecule has 1 unspecified atom stereocenters. The summed E-state index contributed by atoms with van der Waals surface area (Å²) in [5.74, 6) is -0.220. The number of aromatic nitrogens is 3. The summed E-state index contributed by atoms with van der Waals surface area (Å²) in [6.07, 6.45) is 1.53. The highest BCUT2D eigenvalue weighted by Gasteiger charge is 2.32. The number of furan rings is 1. The molecule has 8 heteroatoms. The van der Waals surface area contributed by atoms with Gasteiger partial charge in [0.05, 0.1) is 25.4 Å². The molecule has 2 N–H and O–H groups in total. The third kappa shape index (κ3) is 2.89. The van der Waals surface area contributed by atoms with Crippen molar-refractivity contribution in [1.29, 1.82) is 0 Å². The van der Waals surface area contributed by atoms with Gasteiger partial charge >= 0.3 is 0 Å². The van der Waals surface area contributed by atoms with Gasteiger partial charge in [-0.25, -0.2) is 4.68 Å². The van der Waals surface area contributed by atoms with Crippen LogP contribution in [0.4, 0.5) is 0 Å². The van der Waals surface area contributed by atoms with Gasteiger partial charge in [0.15, 0.2) is 11.4 Å². The summed E-state index contributed by atoms with van der Waals surface area (Å²) in [6, 6.07) is 12.9. The van der Waals surface area contributed by atoms with Gasteiger partial charge in [-0.3, -0.25) is 9.59 Å². The first-order valence-corrected chi connectivity index (χ1v) is 7.82. The third-order valence-corrected chi connectivity index (χ3v) is 4.03. The zero-order valence-corrected chi connectivity index (χ0v) is 13.2. The maximum absolute atomic E-state index is 12.5. The van der Waals surface area contributed by atoms with Crippen LogP contribution in [0.1, 0.15) is 38.3 Å². The minimum absolute atomic E-state index is 0.00979. The summed E-state index contributed by atoms with van der Waals surface area (Å²) in [7, 11) is 0. The van der Waals surface area contributed by atoms with E-state index >= 15 is 0 Å². The Bertz CT molecular complexity index is 902. The van der Waals surface area contributed by atoms with Crippen LogP contribution in [-0.4, -0.2) is 26.8 Å². The fraction of sp³-hybridized carbons (Fsp3) is 0.176. The van der Waals surface area contributed by atoms with Crippen LogP contribution in [-0.2, 0) is 13.1 Å². The maximum Gasteiger partial charge on any atom is 0.274 e. The largest absolute Gasteiger partial charge is 0.467 e. The number of carbonyl (C=O) groups is 2. The Morgan fingerprint density at radius 1 is 1.28 bits per heavy atom. The van der Waals surface area contributed by atoms with Gasteiger partial charge in [0.25, 0.3) is 11.8 Å². The van der Waals surface area contributed by atoms with Gasteiger partial charge in [-0.15, -0.1) is 5.10 Å². The van der Waals surface area contributed by atoms with E-state index < -0.39 is 5.91 Å². The first kappa shape index (κ1) is 15.1. The van der Waals surface area contributed by atoms with Crippen molar-refractivity contribution in [2.75, 3.05) is 0 Å². The first-order valence-electron chi connectivity index (χ1n) is 7.82. The molecule has 1 atom stereocenters. The maximum atomic E-state index is 12.5. The van der Waals surface area contributed by atoms with Crippen molar-refractivity contribution in [1.82, 2.24) is 25.6 Å². The van der Waals surface area contributed by atoms with Crippen LogP contribution in [0.5, 0.6) is 0 Å². The average molecular weight is 337 g/mol. The van der Waals surface area contributed by atoms with Crippen LogP contribution in [0.25, 0.3) is 0 Å². The van der Waals surface area contributed by atoms with E-state index in [4.69, 9.17) is 4.42 Å². The Morgan fingerprint density at radius 2 is 2.12 bits per heavy atom. The monoisotopic (exact) mass is 337 g/mol. The van der Waals surface area contributed by atoms with Gasteiger partial charge < -0.3 is 15.1 Å². The van der Waals surface area contributed by atoms with E-state index in [1.54, 1.807) is 12.1 Å². The zero-order chi connectivity index (χ0) is 17.2. The molecule has 0 saturated heterocycles. The van der Waals surface area contributed by atoms with Crippen LogP contribution in [0.15, 0.2) is 53.1 Å².